The van der Waals surface area contributed by atoms with Crippen LogP contribution in [0.2, 0.25) is 0 Å². The van der Waals surface area contributed by atoms with E-state index >= 15 is 0 Å². The third kappa shape index (κ3) is 1.78. The number of rotatable bonds is 2. The Morgan fingerprint density at radius 3 is 2.42 bits per heavy atom. The van der Waals surface area contributed by atoms with Gasteiger partial charge in [0.2, 0.25) is 0 Å². The largest absolute Gasteiger partial charge is 0.329 e. The molecule has 1 aromatic carbocycles. The van der Waals surface area contributed by atoms with Crippen LogP contribution < -0.4 is 11.5 Å². The fraction of sp³-hybridized carbons (Fsp3) is 0.250. The van der Waals surface area contributed by atoms with Gasteiger partial charge < -0.3 is 11.5 Å². The van der Waals surface area contributed by atoms with Crippen molar-refractivity contribution < 1.29 is 8.78 Å². The van der Waals surface area contributed by atoms with Crippen LogP contribution >= 0.6 is 0 Å². The standard InChI is InChI=1S/C8H10F2N2/c9-6-2-1-5(3-7(6)10)8(12)4-11/h1-3,8H,4,11-12H2/t8-/m0/s1. The van der Waals surface area contributed by atoms with Crippen LogP contribution in [0, 0.1) is 11.6 Å². The van der Waals surface area contributed by atoms with Crippen LogP contribution in [0.4, 0.5) is 8.78 Å². The van der Waals surface area contributed by atoms with Gasteiger partial charge in [0.1, 0.15) is 0 Å². The van der Waals surface area contributed by atoms with E-state index in [0.717, 1.165) is 12.1 Å². The van der Waals surface area contributed by atoms with E-state index in [9.17, 15) is 8.78 Å². The number of nitrogens with two attached hydrogens (primary N) is 2. The van der Waals surface area contributed by atoms with E-state index in [1.807, 2.05) is 0 Å². The minimum atomic E-state index is -0.892. The second-order valence-electron chi connectivity index (χ2n) is 2.52. The molecule has 0 bridgehead atoms. The third-order valence-electron chi connectivity index (χ3n) is 1.63. The van der Waals surface area contributed by atoms with Gasteiger partial charge in [-0.15, -0.1) is 0 Å². The number of hydrogen-bond acceptors (Lipinski definition) is 2. The summed E-state index contributed by atoms with van der Waals surface area (Å²) in [5, 5.41) is 0. The molecule has 0 aliphatic heterocycles. The lowest BCUT2D eigenvalue weighted by atomic mass is 10.1. The summed E-state index contributed by atoms with van der Waals surface area (Å²) in [6.07, 6.45) is 0. The molecule has 0 heterocycles. The van der Waals surface area contributed by atoms with Gasteiger partial charge in [-0.05, 0) is 17.7 Å². The Labute approximate surface area is 69.2 Å². The first kappa shape index (κ1) is 9.09. The zero-order chi connectivity index (χ0) is 9.14. The van der Waals surface area contributed by atoms with Gasteiger partial charge in [0.25, 0.3) is 0 Å². The van der Waals surface area contributed by atoms with Gasteiger partial charge in [0, 0.05) is 12.6 Å². The minimum Gasteiger partial charge on any atom is -0.329 e. The fourth-order valence-electron chi connectivity index (χ4n) is 0.879. The summed E-state index contributed by atoms with van der Waals surface area (Å²) in [4.78, 5) is 0. The molecule has 0 aliphatic rings. The van der Waals surface area contributed by atoms with Gasteiger partial charge in [-0.1, -0.05) is 6.07 Å². The molecular formula is C8H10F2N2. The average molecular weight is 172 g/mol. The second-order valence-corrected chi connectivity index (χ2v) is 2.52. The summed E-state index contributed by atoms with van der Waals surface area (Å²) in [6, 6.07) is 3.10. The van der Waals surface area contributed by atoms with Gasteiger partial charge in [-0.2, -0.15) is 0 Å². The average Bonchev–Trinajstić information content (AvgIpc) is 2.08. The Balaban J connectivity index is 2.96. The Morgan fingerprint density at radius 2 is 1.92 bits per heavy atom. The van der Waals surface area contributed by atoms with Gasteiger partial charge in [0.05, 0.1) is 0 Å². The molecule has 2 nitrogen and oxygen atoms in total. The molecule has 0 fully saturated rings. The molecule has 4 N–H and O–H groups in total. The van der Waals surface area contributed by atoms with Crippen molar-refractivity contribution in [3.05, 3.63) is 35.4 Å². The van der Waals surface area contributed by atoms with Gasteiger partial charge in [-0.3, -0.25) is 0 Å². The van der Waals surface area contributed by atoms with Crippen LogP contribution in [0.3, 0.4) is 0 Å². The zero-order valence-electron chi connectivity index (χ0n) is 6.43. The molecule has 12 heavy (non-hydrogen) atoms. The Kier molecular flexibility index (Phi) is 2.73. The third-order valence-corrected chi connectivity index (χ3v) is 1.63. The lowest BCUT2D eigenvalue weighted by Gasteiger charge is -2.08. The zero-order valence-corrected chi connectivity index (χ0v) is 6.43. The molecule has 0 saturated carbocycles. The van der Waals surface area contributed by atoms with Crippen LogP contribution in [-0.2, 0) is 0 Å². The molecule has 66 valence electrons. The van der Waals surface area contributed by atoms with E-state index in [0.29, 0.717) is 5.56 Å². The second kappa shape index (κ2) is 3.60. The highest BCUT2D eigenvalue weighted by atomic mass is 19.2. The normalized spacial score (nSPS) is 13.0. The van der Waals surface area contributed by atoms with Gasteiger partial charge >= 0.3 is 0 Å². The van der Waals surface area contributed by atoms with Crippen molar-refractivity contribution in [3.8, 4) is 0 Å². The lowest BCUT2D eigenvalue weighted by molar-refractivity contribution is 0.505. The summed E-state index contributed by atoms with van der Waals surface area (Å²) in [5.41, 5.74) is 11.3. The first-order valence-corrected chi connectivity index (χ1v) is 3.55. The van der Waals surface area contributed by atoms with Crippen molar-refractivity contribution in [2.24, 2.45) is 11.5 Å². The highest BCUT2D eigenvalue weighted by Crippen LogP contribution is 2.13. The van der Waals surface area contributed by atoms with E-state index in [1.54, 1.807) is 0 Å². The molecule has 0 amide bonds. The molecular weight excluding hydrogens is 162 g/mol. The molecule has 0 radical (unpaired) electrons. The molecule has 0 aromatic heterocycles. The monoisotopic (exact) mass is 172 g/mol. The Hall–Kier alpha value is -1.00. The molecule has 1 aromatic rings. The summed E-state index contributed by atoms with van der Waals surface area (Å²) < 4.78 is 25.0. The maximum Gasteiger partial charge on any atom is 0.159 e. The SMILES string of the molecule is NC[C@H](N)c1ccc(F)c(F)c1. The van der Waals surface area contributed by atoms with Crippen molar-refractivity contribution in [3.63, 3.8) is 0 Å². The first-order chi connectivity index (χ1) is 5.65. The van der Waals surface area contributed by atoms with Crippen LogP contribution in [0.25, 0.3) is 0 Å². The number of halogens is 2. The van der Waals surface area contributed by atoms with Crippen molar-refractivity contribution in [2.75, 3.05) is 6.54 Å². The van der Waals surface area contributed by atoms with Gasteiger partial charge in [0.15, 0.2) is 11.6 Å². The van der Waals surface area contributed by atoms with E-state index in [1.165, 1.54) is 6.07 Å². The van der Waals surface area contributed by atoms with Crippen molar-refractivity contribution in [2.45, 2.75) is 6.04 Å². The van der Waals surface area contributed by atoms with Crippen LogP contribution in [-0.4, -0.2) is 6.54 Å². The van der Waals surface area contributed by atoms with Crippen LogP contribution in [0.5, 0.6) is 0 Å². The van der Waals surface area contributed by atoms with E-state index in [4.69, 9.17) is 11.5 Å². The molecule has 0 aliphatic carbocycles. The summed E-state index contributed by atoms with van der Waals surface area (Å²) in [5.74, 6) is -1.76. The summed E-state index contributed by atoms with van der Waals surface area (Å²) in [6.45, 7) is 0.213. The first-order valence-electron chi connectivity index (χ1n) is 3.55. The van der Waals surface area contributed by atoms with Crippen LogP contribution in [0.1, 0.15) is 11.6 Å². The Morgan fingerprint density at radius 1 is 1.25 bits per heavy atom. The van der Waals surface area contributed by atoms with Gasteiger partial charge in [-0.25, -0.2) is 8.78 Å². The fourth-order valence-corrected chi connectivity index (χ4v) is 0.879. The minimum absolute atomic E-state index is 0.213. The highest BCUT2D eigenvalue weighted by Gasteiger charge is 2.07. The molecule has 0 spiro atoms. The molecule has 1 rings (SSSR count). The quantitative estimate of drug-likeness (QED) is 0.697. The molecule has 1 atom stereocenters. The van der Waals surface area contributed by atoms with Crippen molar-refractivity contribution >= 4 is 0 Å². The van der Waals surface area contributed by atoms with E-state index in [-0.39, 0.29) is 6.54 Å². The van der Waals surface area contributed by atoms with E-state index in [2.05, 4.69) is 0 Å². The number of benzene rings is 1. The molecule has 4 heteroatoms. The maximum atomic E-state index is 12.6. The Bertz CT molecular complexity index is 276. The maximum absolute atomic E-state index is 12.6. The smallest absolute Gasteiger partial charge is 0.159 e. The summed E-state index contributed by atoms with van der Waals surface area (Å²) >= 11 is 0. The lowest BCUT2D eigenvalue weighted by Crippen LogP contribution is -2.20. The van der Waals surface area contributed by atoms with Crippen molar-refractivity contribution in [1.29, 1.82) is 0 Å². The molecule has 0 unspecified atom stereocenters. The van der Waals surface area contributed by atoms with Crippen LogP contribution in [0.15, 0.2) is 18.2 Å². The predicted molar refractivity (Wildman–Crippen MR) is 42.3 cm³/mol. The number of hydrogen-bond donors (Lipinski definition) is 2. The highest BCUT2D eigenvalue weighted by molar-refractivity contribution is 5.21. The summed E-state index contributed by atoms with van der Waals surface area (Å²) in [7, 11) is 0. The topological polar surface area (TPSA) is 52.0 Å². The molecule has 0 saturated heterocycles. The predicted octanol–water partition coefficient (Wildman–Crippen LogP) is 0.923. The van der Waals surface area contributed by atoms with E-state index < -0.39 is 17.7 Å². The van der Waals surface area contributed by atoms with Crippen molar-refractivity contribution in [1.82, 2.24) is 0 Å².